The second-order valence-electron chi connectivity index (χ2n) is 4.27. The largest absolute Gasteiger partial charge is 0.468 e. The number of nitrogens with zero attached hydrogens (tertiary/aromatic N) is 2. The van der Waals surface area contributed by atoms with Crippen LogP contribution in [0.25, 0.3) is 0 Å². The molecule has 1 unspecified atom stereocenters. The normalized spacial score (nSPS) is 12.2. The first-order valence-corrected chi connectivity index (χ1v) is 6.32. The summed E-state index contributed by atoms with van der Waals surface area (Å²) in [5.74, 6) is -0.669. The molecule has 4 nitrogen and oxygen atoms in total. The van der Waals surface area contributed by atoms with E-state index in [1.165, 1.54) is 7.11 Å². The standard InChI is InChI=1S/C14H15ClN2O2/c1-10-13(15)9-17(16-10)8-12(14(18)19-2)11-6-4-3-5-7-11/h3-7,9,12H,8H2,1-2H3. The molecule has 0 aliphatic carbocycles. The Morgan fingerprint density at radius 2 is 2.11 bits per heavy atom. The first-order valence-electron chi connectivity index (χ1n) is 5.94. The fourth-order valence-corrected chi connectivity index (χ4v) is 2.07. The van der Waals surface area contributed by atoms with Crippen molar-refractivity contribution in [3.8, 4) is 0 Å². The quantitative estimate of drug-likeness (QED) is 0.808. The van der Waals surface area contributed by atoms with Crippen molar-refractivity contribution in [2.75, 3.05) is 7.11 Å². The molecular formula is C14H15ClN2O2. The van der Waals surface area contributed by atoms with Gasteiger partial charge in [-0.05, 0) is 12.5 Å². The number of halogens is 1. The summed E-state index contributed by atoms with van der Waals surface area (Å²) in [6, 6.07) is 9.51. The SMILES string of the molecule is COC(=O)C(Cn1cc(Cl)c(C)n1)c1ccccc1. The van der Waals surface area contributed by atoms with Gasteiger partial charge in [0, 0.05) is 6.20 Å². The van der Waals surface area contributed by atoms with Crippen molar-refractivity contribution in [1.29, 1.82) is 0 Å². The zero-order valence-electron chi connectivity index (χ0n) is 10.8. The van der Waals surface area contributed by atoms with Crippen LogP contribution in [0.3, 0.4) is 0 Å². The van der Waals surface area contributed by atoms with Crippen molar-refractivity contribution in [1.82, 2.24) is 9.78 Å². The van der Waals surface area contributed by atoms with Crippen molar-refractivity contribution in [3.63, 3.8) is 0 Å². The van der Waals surface area contributed by atoms with E-state index in [2.05, 4.69) is 5.10 Å². The van der Waals surface area contributed by atoms with Gasteiger partial charge in [-0.1, -0.05) is 41.9 Å². The molecular weight excluding hydrogens is 264 g/mol. The molecule has 100 valence electrons. The number of carbonyl (C=O) groups is 1. The van der Waals surface area contributed by atoms with Crippen LogP contribution in [-0.2, 0) is 16.1 Å². The van der Waals surface area contributed by atoms with Crippen LogP contribution in [0.15, 0.2) is 36.5 Å². The highest BCUT2D eigenvalue weighted by Gasteiger charge is 2.22. The van der Waals surface area contributed by atoms with Crippen LogP contribution in [0.4, 0.5) is 0 Å². The van der Waals surface area contributed by atoms with E-state index in [-0.39, 0.29) is 11.9 Å². The Morgan fingerprint density at radius 1 is 1.42 bits per heavy atom. The molecule has 2 aromatic rings. The first kappa shape index (κ1) is 13.6. The predicted molar refractivity (Wildman–Crippen MR) is 73.2 cm³/mol. The fraction of sp³-hybridized carbons (Fsp3) is 0.286. The molecule has 0 bridgehead atoms. The highest BCUT2D eigenvalue weighted by molar-refractivity contribution is 6.31. The minimum absolute atomic E-state index is 0.282. The van der Waals surface area contributed by atoms with Gasteiger partial charge in [0.2, 0.25) is 0 Å². The molecule has 0 radical (unpaired) electrons. The van der Waals surface area contributed by atoms with E-state index < -0.39 is 0 Å². The summed E-state index contributed by atoms with van der Waals surface area (Å²) in [7, 11) is 1.39. The molecule has 19 heavy (non-hydrogen) atoms. The molecule has 5 heteroatoms. The van der Waals surface area contributed by atoms with Crippen molar-refractivity contribution < 1.29 is 9.53 Å². The maximum atomic E-state index is 11.9. The predicted octanol–water partition coefficient (Wildman–Crippen LogP) is 2.80. The van der Waals surface area contributed by atoms with Gasteiger partial charge in [0.1, 0.15) is 5.92 Å². The summed E-state index contributed by atoms with van der Waals surface area (Å²) in [6.45, 7) is 2.23. The number of ether oxygens (including phenoxy) is 1. The van der Waals surface area contributed by atoms with Gasteiger partial charge in [-0.3, -0.25) is 9.48 Å². The molecule has 0 aliphatic rings. The molecule has 0 aliphatic heterocycles. The minimum Gasteiger partial charge on any atom is -0.468 e. The average Bonchev–Trinajstić information content (AvgIpc) is 2.75. The molecule has 0 saturated heterocycles. The molecule has 0 saturated carbocycles. The van der Waals surface area contributed by atoms with E-state index in [0.29, 0.717) is 11.6 Å². The lowest BCUT2D eigenvalue weighted by atomic mass is 9.99. The number of hydrogen-bond acceptors (Lipinski definition) is 3. The Hall–Kier alpha value is -1.81. The van der Waals surface area contributed by atoms with Gasteiger partial charge in [0.15, 0.2) is 0 Å². The summed E-state index contributed by atoms with van der Waals surface area (Å²) in [4.78, 5) is 11.9. The maximum absolute atomic E-state index is 11.9. The number of aromatic nitrogens is 2. The minimum atomic E-state index is -0.387. The van der Waals surface area contributed by atoms with Crippen molar-refractivity contribution >= 4 is 17.6 Å². The summed E-state index contributed by atoms with van der Waals surface area (Å²) < 4.78 is 6.54. The van der Waals surface area contributed by atoms with Gasteiger partial charge in [-0.2, -0.15) is 5.10 Å². The molecule has 1 heterocycles. The van der Waals surface area contributed by atoms with Crippen LogP contribution in [0.5, 0.6) is 0 Å². The molecule has 1 aromatic heterocycles. The number of methoxy groups -OCH3 is 1. The number of esters is 1. The van der Waals surface area contributed by atoms with Crippen molar-refractivity contribution in [2.24, 2.45) is 0 Å². The van der Waals surface area contributed by atoms with Crippen LogP contribution in [-0.4, -0.2) is 22.9 Å². The number of rotatable bonds is 4. The molecule has 0 spiro atoms. The topological polar surface area (TPSA) is 44.1 Å². The first-order chi connectivity index (χ1) is 9.11. The monoisotopic (exact) mass is 278 g/mol. The maximum Gasteiger partial charge on any atom is 0.315 e. The van der Waals surface area contributed by atoms with Gasteiger partial charge in [-0.15, -0.1) is 0 Å². The lowest BCUT2D eigenvalue weighted by molar-refractivity contribution is -0.142. The third-order valence-corrected chi connectivity index (χ3v) is 3.31. The molecule has 1 atom stereocenters. The highest BCUT2D eigenvalue weighted by atomic mass is 35.5. The van der Waals surface area contributed by atoms with Gasteiger partial charge in [0.05, 0.1) is 24.4 Å². The second-order valence-corrected chi connectivity index (χ2v) is 4.68. The summed E-state index contributed by atoms with van der Waals surface area (Å²) in [6.07, 6.45) is 1.72. The van der Waals surface area contributed by atoms with E-state index >= 15 is 0 Å². The molecule has 0 amide bonds. The molecule has 1 aromatic carbocycles. The van der Waals surface area contributed by atoms with Crippen LogP contribution in [0.2, 0.25) is 5.02 Å². The molecule has 0 fully saturated rings. The molecule has 2 rings (SSSR count). The Labute approximate surface area is 116 Å². The number of benzene rings is 1. The van der Waals surface area contributed by atoms with Crippen LogP contribution in [0.1, 0.15) is 17.2 Å². The zero-order valence-corrected chi connectivity index (χ0v) is 11.6. The van der Waals surface area contributed by atoms with E-state index in [4.69, 9.17) is 16.3 Å². The summed E-state index contributed by atoms with van der Waals surface area (Å²) in [5.41, 5.74) is 1.65. The van der Waals surface area contributed by atoms with Crippen LogP contribution < -0.4 is 0 Å². The third-order valence-electron chi connectivity index (χ3n) is 2.94. The third kappa shape index (κ3) is 3.15. The van der Waals surface area contributed by atoms with Crippen molar-refractivity contribution in [2.45, 2.75) is 19.4 Å². The summed E-state index contributed by atoms with van der Waals surface area (Å²) >= 11 is 5.97. The van der Waals surface area contributed by atoms with E-state index in [0.717, 1.165) is 11.3 Å². The smallest absolute Gasteiger partial charge is 0.315 e. The fourth-order valence-electron chi connectivity index (χ4n) is 1.92. The Kier molecular flexibility index (Phi) is 4.22. The van der Waals surface area contributed by atoms with E-state index in [1.54, 1.807) is 10.9 Å². The Morgan fingerprint density at radius 3 is 2.63 bits per heavy atom. The van der Waals surface area contributed by atoms with Crippen molar-refractivity contribution in [3.05, 3.63) is 52.8 Å². The van der Waals surface area contributed by atoms with E-state index in [9.17, 15) is 4.79 Å². The lowest BCUT2D eigenvalue weighted by Crippen LogP contribution is -2.20. The number of hydrogen-bond donors (Lipinski definition) is 0. The van der Waals surface area contributed by atoms with Crippen LogP contribution in [0, 0.1) is 6.92 Å². The van der Waals surface area contributed by atoms with Gasteiger partial charge < -0.3 is 4.74 Å². The van der Waals surface area contributed by atoms with Gasteiger partial charge in [0.25, 0.3) is 0 Å². The number of carbonyl (C=O) groups excluding carboxylic acids is 1. The van der Waals surface area contributed by atoms with Crippen LogP contribution >= 0.6 is 11.6 Å². The summed E-state index contributed by atoms with van der Waals surface area (Å²) in [5, 5.41) is 4.86. The van der Waals surface area contributed by atoms with Gasteiger partial charge >= 0.3 is 5.97 Å². The van der Waals surface area contributed by atoms with Gasteiger partial charge in [-0.25, -0.2) is 0 Å². The second kappa shape index (κ2) is 5.89. The molecule has 0 N–H and O–H groups in total. The Bertz CT molecular complexity index is 547. The Balaban J connectivity index is 2.26. The zero-order chi connectivity index (χ0) is 13.8. The average molecular weight is 279 g/mol. The number of aryl methyl sites for hydroxylation is 1. The highest BCUT2D eigenvalue weighted by Crippen LogP contribution is 2.21. The lowest BCUT2D eigenvalue weighted by Gasteiger charge is -2.15. The van der Waals surface area contributed by atoms with E-state index in [1.807, 2.05) is 37.3 Å².